The maximum absolute atomic E-state index is 12.2. The molecule has 1 heterocycles. The monoisotopic (exact) mass is 230 g/mol. The van der Waals surface area contributed by atoms with E-state index in [0.29, 0.717) is 0 Å². The van der Waals surface area contributed by atoms with Crippen LogP contribution in [-0.4, -0.2) is 23.8 Å². The van der Waals surface area contributed by atoms with E-state index in [1.54, 1.807) is 0 Å². The second-order valence-corrected chi connectivity index (χ2v) is 5.73. The fourth-order valence-electron chi connectivity index (χ4n) is 4.04. The van der Waals surface area contributed by atoms with E-state index in [-0.39, 0.29) is 35.2 Å². The lowest BCUT2D eigenvalue weighted by molar-refractivity contribution is -0.135. The molecule has 0 radical (unpaired) electrons. The predicted molar refractivity (Wildman–Crippen MR) is 60.1 cm³/mol. The van der Waals surface area contributed by atoms with E-state index in [1.165, 1.54) is 11.1 Å². The molecule has 4 rings (SSSR count). The minimum Gasteiger partial charge on any atom is -0.353 e. The fraction of sp³-hybridized carbons (Fsp3) is 0.571. The minimum atomic E-state index is -0.407. The molecule has 0 N–H and O–H groups in total. The first-order valence-electron chi connectivity index (χ1n) is 6.20. The summed E-state index contributed by atoms with van der Waals surface area (Å²) in [4.78, 5) is 24.4. The Kier molecular flexibility index (Phi) is 1.60. The largest absolute Gasteiger partial charge is 0.353 e. The molecule has 0 unspecified atom stereocenters. The lowest BCUT2D eigenvalue weighted by atomic mass is 9.72. The molecule has 0 aromatic carbocycles. The quantitative estimate of drug-likeness (QED) is 0.465. The van der Waals surface area contributed by atoms with Crippen LogP contribution in [0.4, 0.5) is 0 Å². The summed E-state index contributed by atoms with van der Waals surface area (Å²) in [6.07, 6.45) is 3.41. The van der Waals surface area contributed by atoms with E-state index in [0.717, 1.165) is 0 Å². The summed E-state index contributed by atoms with van der Waals surface area (Å²) in [5.74, 6) is 0.385. The van der Waals surface area contributed by atoms with Gasteiger partial charge in [-0.25, -0.2) is 0 Å². The van der Waals surface area contributed by atoms with Crippen molar-refractivity contribution in [2.75, 3.05) is 0 Å². The summed E-state index contributed by atoms with van der Waals surface area (Å²) in [7, 11) is 0. The Bertz CT molecular complexity index is 472. The molecule has 0 aromatic heterocycles. The lowest BCUT2D eigenvalue weighted by Crippen LogP contribution is -2.43. The van der Waals surface area contributed by atoms with Crippen molar-refractivity contribution in [3.8, 4) is 0 Å². The summed E-state index contributed by atoms with van der Waals surface area (Å²) in [5.41, 5.74) is 2.57. The molecule has 1 aliphatic heterocycles. The Morgan fingerprint density at radius 1 is 1.00 bits per heavy atom. The Labute approximate surface area is 99.5 Å². The maximum atomic E-state index is 12.2. The molecule has 0 amide bonds. The first-order chi connectivity index (χ1) is 8.11. The third-order valence-electron chi connectivity index (χ3n) is 4.69. The molecule has 17 heavy (non-hydrogen) atoms. The van der Waals surface area contributed by atoms with Gasteiger partial charge in [0, 0.05) is 23.7 Å². The highest BCUT2D eigenvalue weighted by molar-refractivity contribution is 6.07. The smallest absolute Gasteiger partial charge is 0.169 e. The van der Waals surface area contributed by atoms with Crippen LogP contribution in [0, 0.1) is 23.7 Å². The standard InChI is InChI=1S/C14H14O3/c1-5(2)8-6-3-4-7(8)10-9(6)11(15)13-14(17-13)12(10)16/h3-4,6-7,9-10,13-14H,1-2H3/t6-,7-,9+,10+,13+,14+/m1/s1. The van der Waals surface area contributed by atoms with Crippen LogP contribution in [0.5, 0.6) is 0 Å². The molecular formula is C14H14O3. The predicted octanol–water partition coefficient (Wildman–Crippen LogP) is 1.29. The van der Waals surface area contributed by atoms with Crippen molar-refractivity contribution in [1.29, 1.82) is 0 Å². The van der Waals surface area contributed by atoms with Gasteiger partial charge in [0.15, 0.2) is 23.8 Å². The van der Waals surface area contributed by atoms with Gasteiger partial charge in [0.2, 0.25) is 0 Å². The number of ketones is 2. The summed E-state index contributed by atoms with van der Waals surface area (Å²) in [6.45, 7) is 4.15. The molecule has 3 fully saturated rings. The molecule has 2 saturated carbocycles. The van der Waals surface area contributed by atoms with Gasteiger partial charge in [-0.2, -0.15) is 0 Å². The minimum absolute atomic E-state index is 0.133. The maximum Gasteiger partial charge on any atom is 0.169 e. The zero-order valence-corrected chi connectivity index (χ0v) is 9.84. The molecule has 4 aliphatic rings. The highest BCUT2D eigenvalue weighted by Gasteiger charge is 2.67. The van der Waals surface area contributed by atoms with Crippen molar-refractivity contribution < 1.29 is 14.3 Å². The van der Waals surface area contributed by atoms with E-state index in [4.69, 9.17) is 4.74 Å². The first-order valence-corrected chi connectivity index (χ1v) is 6.20. The number of hydrogen-bond donors (Lipinski definition) is 0. The van der Waals surface area contributed by atoms with Crippen LogP contribution < -0.4 is 0 Å². The van der Waals surface area contributed by atoms with Gasteiger partial charge in [-0.15, -0.1) is 0 Å². The van der Waals surface area contributed by atoms with Gasteiger partial charge in [0.05, 0.1) is 0 Å². The van der Waals surface area contributed by atoms with E-state index >= 15 is 0 Å². The average Bonchev–Trinajstić information content (AvgIpc) is 2.89. The zero-order valence-electron chi connectivity index (χ0n) is 9.84. The van der Waals surface area contributed by atoms with Gasteiger partial charge in [0.25, 0.3) is 0 Å². The Morgan fingerprint density at radius 2 is 1.47 bits per heavy atom. The molecule has 88 valence electrons. The number of Topliss-reactive ketones (excluding diaryl/α,β-unsaturated/α-hetero) is 2. The van der Waals surface area contributed by atoms with Crippen LogP contribution in [0.3, 0.4) is 0 Å². The van der Waals surface area contributed by atoms with Crippen molar-refractivity contribution in [2.24, 2.45) is 23.7 Å². The fourth-order valence-corrected chi connectivity index (χ4v) is 4.04. The van der Waals surface area contributed by atoms with E-state index in [1.807, 2.05) is 0 Å². The second-order valence-electron chi connectivity index (χ2n) is 5.73. The van der Waals surface area contributed by atoms with Crippen LogP contribution in [-0.2, 0) is 14.3 Å². The van der Waals surface area contributed by atoms with Crippen LogP contribution in [0.1, 0.15) is 13.8 Å². The number of rotatable bonds is 0. The Hall–Kier alpha value is -1.22. The number of fused-ring (bicyclic) bond motifs is 6. The van der Waals surface area contributed by atoms with Crippen molar-refractivity contribution in [1.82, 2.24) is 0 Å². The molecule has 3 aliphatic carbocycles. The van der Waals surface area contributed by atoms with Crippen LogP contribution in [0.15, 0.2) is 23.3 Å². The number of carbonyl (C=O) groups excluding carboxylic acids is 2. The molecule has 3 nitrogen and oxygen atoms in total. The number of hydrogen-bond acceptors (Lipinski definition) is 3. The molecule has 0 aromatic rings. The van der Waals surface area contributed by atoms with Gasteiger partial charge in [-0.1, -0.05) is 23.3 Å². The SMILES string of the molecule is CC(C)=C1[C@H]2C=C[C@H]1[C@@H]1C(=O)[C@@H]3O[C@H]3C(=O)[C@H]12. The normalized spacial score (nSPS) is 49.4. The third-order valence-corrected chi connectivity index (χ3v) is 4.69. The van der Waals surface area contributed by atoms with Crippen molar-refractivity contribution in [3.63, 3.8) is 0 Å². The second kappa shape index (κ2) is 2.78. The van der Waals surface area contributed by atoms with Crippen LogP contribution in [0.25, 0.3) is 0 Å². The van der Waals surface area contributed by atoms with Gasteiger partial charge in [0.1, 0.15) is 0 Å². The first kappa shape index (κ1) is 9.77. The molecule has 2 bridgehead atoms. The summed E-state index contributed by atoms with van der Waals surface area (Å²) < 4.78 is 5.22. The third kappa shape index (κ3) is 0.974. The van der Waals surface area contributed by atoms with Gasteiger partial charge in [-0.3, -0.25) is 9.59 Å². The zero-order chi connectivity index (χ0) is 11.9. The number of allylic oxidation sites excluding steroid dienone is 4. The molecule has 0 spiro atoms. The van der Waals surface area contributed by atoms with Crippen LogP contribution in [0.2, 0.25) is 0 Å². The Morgan fingerprint density at radius 3 is 1.88 bits per heavy atom. The summed E-state index contributed by atoms with van der Waals surface area (Å²) in [6, 6.07) is 0. The lowest BCUT2D eigenvalue weighted by Gasteiger charge is -2.26. The highest BCUT2D eigenvalue weighted by Crippen LogP contribution is 2.58. The van der Waals surface area contributed by atoms with E-state index in [2.05, 4.69) is 26.0 Å². The summed E-state index contributed by atoms with van der Waals surface area (Å²) >= 11 is 0. The van der Waals surface area contributed by atoms with Crippen molar-refractivity contribution in [2.45, 2.75) is 26.1 Å². The van der Waals surface area contributed by atoms with Gasteiger partial charge < -0.3 is 4.74 Å². The van der Waals surface area contributed by atoms with E-state index < -0.39 is 12.2 Å². The van der Waals surface area contributed by atoms with Gasteiger partial charge in [-0.05, 0) is 13.8 Å². The molecular weight excluding hydrogens is 216 g/mol. The van der Waals surface area contributed by atoms with Gasteiger partial charge >= 0.3 is 0 Å². The number of ether oxygens (including phenoxy) is 1. The topological polar surface area (TPSA) is 46.7 Å². The highest BCUT2D eigenvalue weighted by atomic mass is 16.6. The van der Waals surface area contributed by atoms with Crippen molar-refractivity contribution in [3.05, 3.63) is 23.3 Å². The summed E-state index contributed by atoms with van der Waals surface area (Å²) in [5, 5.41) is 0. The molecule has 1 saturated heterocycles. The molecule has 6 atom stereocenters. The molecule has 3 heteroatoms. The van der Waals surface area contributed by atoms with Crippen molar-refractivity contribution >= 4 is 11.6 Å². The number of carbonyl (C=O) groups is 2. The van der Waals surface area contributed by atoms with Crippen LogP contribution >= 0.6 is 0 Å². The Balaban J connectivity index is 1.87. The van der Waals surface area contributed by atoms with E-state index in [9.17, 15) is 9.59 Å². The average molecular weight is 230 g/mol. The number of epoxide rings is 1.